The van der Waals surface area contributed by atoms with Gasteiger partial charge in [-0.3, -0.25) is 4.79 Å². The Kier molecular flexibility index (Phi) is 4.70. The molecule has 1 aliphatic carbocycles. The minimum absolute atomic E-state index is 0.0410. The molecule has 0 aromatic carbocycles. The zero-order valence-corrected chi connectivity index (χ0v) is 12.8. The van der Waals surface area contributed by atoms with Gasteiger partial charge >= 0.3 is 0 Å². The molecule has 1 aliphatic rings. The number of aromatic nitrogens is 2. The van der Waals surface area contributed by atoms with Crippen molar-refractivity contribution in [2.24, 2.45) is 5.92 Å². The summed E-state index contributed by atoms with van der Waals surface area (Å²) < 4.78 is 1.47. The van der Waals surface area contributed by atoms with Crippen molar-refractivity contribution in [2.75, 3.05) is 11.9 Å². The summed E-state index contributed by atoms with van der Waals surface area (Å²) in [5.41, 5.74) is -0.370. The summed E-state index contributed by atoms with van der Waals surface area (Å²) >= 11 is 6.11. The Labute approximate surface area is 124 Å². The number of aliphatic hydroxyl groups is 1. The number of hydrogen-bond donors (Lipinski definition) is 2. The molecule has 6 heteroatoms. The van der Waals surface area contributed by atoms with E-state index in [4.69, 9.17) is 11.6 Å². The molecular formula is C14H22ClN3O2. The largest absolute Gasteiger partial charge is 0.394 e. The van der Waals surface area contributed by atoms with E-state index in [2.05, 4.69) is 10.4 Å². The number of nitrogens with zero attached hydrogens (tertiary/aromatic N) is 2. The molecule has 1 aromatic rings. The third kappa shape index (κ3) is 3.15. The average molecular weight is 300 g/mol. The first-order chi connectivity index (χ1) is 9.55. The zero-order chi connectivity index (χ0) is 14.8. The van der Waals surface area contributed by atoms with Crippen molar-refractivity contribution < 1.29 is 5.11 Å². The normalized spacial score (nSPS) is 15.4. The summed E-state index contributed by atoms with van der Waals surface area (Å²) in [7, 11) is 0. The van der Waals surface area contributed by atoms with Crippen LogP contribution in [-0.4, -0.2) is 27.0 Å². The van der Waals surface area contributed by atoms with Crippen LogP contribution in [0.25, 0.3) is 0 Å². The lowest BCUT2D eigenvalue weighted by Crippen LogP contribution is -2.43. The van der Waals surface area contributed by atoms with Crippen LogP contribution in [0.2, 0.25) is 5.02 Å². The standard InChI is InChI=1S/C14H22ClN3O2/c1-3-14(4-2,9-19)17-12-11(15)7-16-18(13(12)20)8-10-5-6-10/h7,10,17,19H,3-6,8-9H2,1-2H3. The topological polar surface area (TPSA) is 67.2 Å². The van der Waals surface area contributed by atoms with Crippen molar-refractivity contribution >= 4 is 17.3 Å². The molecular weight excluding hydrogens is 278 g/mol. The predicted octanol–water partition coefficient (Wildman–Crippen LogP) is 2.27. The van der Waals surface area contributed by atoms with E-state index in [-0.39, 0.29) is 12.2 Å². The second kappa shape index (κ2) is 6.14. The van der Waals surface area contributed by atoms with E-state index >= 15 is 0 Å². The molecule has 1 heterocycles. The molecule has 0 atom stereocenters. The SMILES string of the molecule is CCC(CC)(CO)Nc1c(Cl)cnn(CC2CC2)c1=O. The van der Waals surface area contributed by atoms with Crippen LogP contribution in [-0.2, 0) is 6.54 Å². The van der Waals surface area contributed by atoms with E-state index in [1.54, 1.807) is 0 Å². The Morgan fingerprint density at radius 1 is 1.50 bits per heavy atom. The summed E-state index contributed by atoms with van der Waals surface area (Å²) in [5, 5.41) is 17.2. The number of nitrogens with one attached hydrogen (secondary N) is 1. The quantitative estimate of drug-likeness (QED) is 0.810. The first-order valence-corrected chi connectivity index (χ1v) is 7.57. The van der Waals surface area contributed by atoms with Gasteiger partial charge in [-0.05, 0) is 31.6 Å². The average Bonchev–Trinajstić information content (AvgIpc) is 3.27. The van der Waals surface area contributed by atoms with E-state index in [0.29, 0.717) is 36.0 Å². The van der Waals surface area contributed by atoms with Crippen molar-refractivity contribution in [3.63, 3.8) is 0 Å². The lowest BCUT2D eigenvalue weighted by atomic mass is 9.93. The summed E-state index contributed by atoms with van der Waals surface area (Å²) in [5.74, 6) is 0.564. The molecule has 0 spiro atoms. The Balaban J connectivity index is 2.32. The second-order valence-electron chi connectivity index (χ2n) is 5.57. The smallest absolute Gasteiger partial charge is 0.291 e. The summed E-state index contributed by atoms with van der Waals surface area (Å²) in [6.45, 7) is 4.56. The van der Waals surface area contributed by atoms with Crippen molar-refractivity contribution in [2.45, 2.75) is 51.6 Å². The molecule has 5 nitrogen and oxygen atoms in total. The fourth-order valence-corrected chi connectivity index (χ4v) is 2.38. The lowest BCUT2D eigenvalue weighted by Gasteiger charge is -2.32. The molecule has 1 fully saturated rings. The van der Waals surface area contributed by atoms with E-state index in [1.165, 1.54) is 10.9 Å². The molecule has 2 N–H and O–H groups in total. The molecule has 112 valence electrons. The Bertz CT molecular complexity index is 513. The maximum atomic E-state index is 12.5. The maximum Gasteiger partial charge on any atom is 0.291 e. The second-order valence-corrected chi connectivity index (χ2v) is 5.98. The van der Waals surface area contributed by atoms with Crippen molar-refractivity contribution in [3.8, 4) is 0 Å². The summed E-state index contributed by atoms with van der Waals surface area (Å²) in [4.78, 5) is 12.5. The van der Waals surface area contributed by atoms with E-state index < -0.39 is 5.54 Å². The van der Waals surface area contributed by atoms with Crippen LogP contribution in [0.4, 0.5) is 5.69 Å². The van der Waals surface area contributed by atoms with E-state index in [0.717, 1.165) is 12.8 Å². The Morgan fingerprint density at radius 3 is 2.65 bits per heavy atom. The Hall–Kier alpha value is -1.07. The minimum Gasteiger partial charge on any atom is -0.394 e. The molecule has 20 heavy (non-hydrogen) atoms. The van der Waals surface area contributed by atoms with Gasteiger partial charge in [0.1, 0.15) is 5.69 Å². The number of anilines is 1. The van der Waals surface area contributed by atoms with Gasteiger partial charge in [-0.15, -0.1) is 0 Å². The highest BCUT2D eigenvalue weighted by atomic mass is 35.5. The third-order valence-electron chi connectivity index (χ3n) is 4.17. The van der Waals surface area contributed by atoms with Gasteiger partial charge in [0.2, 0.25) is 0 Å². The van der Waals surface area contributed by atoms with Crippen molar-refractivity contribution in [1.82, 2.24) is 9.78 Å². The molecule has 0 saturated heterocycles. The molecule has 0 aliphatic heterocycles. The summed E-state index contributed by atoms with van der Waals surface area (Å²) in [6.07, 6.45) is 5.23. The number of halogens is 1. The molecule has 2 rings (SSSR count). The number of aliphatic hydroxyl groups excluding tert-OH is 1. The monoisotopic (exact) mass is 299 g/mol. The van der Waals surface area contributed by atoms with Crippen LogP contribution in [0, 0.1) is 5.92 Å². The minimum atomic E-state index is -0.512. The van der Waals surface area contributed by atoms with Crippen LogP contribution in [0.15, 0.2) is 11.0 Å². The van der Waals surface area contributed by atoms with Gasteiger partial charge in [-0.25, -0.2) is 4.68 Å². The zero-order valence-electron chi connectivity index (χ0n) is 12.0. The number of rotatable bonds is 7. The first kappa shape index (κ1) is 15.3. The van der Waals surface area contributed by atoms with Gasteiger partial charge in [0.05, 0.1) is 23.4 Å². The molecule has 0 amide bonds. The molecule has 0 radical (unpaired) electrons. The van der Waals surface area contributed by atoms with Gasteiger partial charge in [0, 0.05) is 6.54 Å². The van der Waals surface area contributed by atoms with Gasteiger partial charge in [-0.1, -0.05) is 25.4 Å². The first-order valence-electron chi connectivity index (χ1n) is 7.20. The van der Waals surface area contributed by atoms with E-state index in [9.17, 15) is 9.90 Å². The van der Waals surface area contributed by atoms with Crippen molar-refractivity contribution in [1.29, 1.82) is 0 Å². The highest BCUT2D eigenvalue weighted by Crippen LogP contribution is 2.30. The van der Waals surface area contributed by atoms with Crippen LogP contribution in [0.1, 0.15) is 39.5 Å². The maximum absolute atomic E-state index is 12.5. The highest BCUT2D eigenvalue weighted by Gasteiger charge is 2.28. The molecule has 1 aromatic heterocycles. The number of hydrogen-bond acceptors (Lipinski definition) is 4. The Morgan fingerprint density at radius 2 is 2.15 bits per heavy atom. The predicted molar refractivity (Wildman–Crippen MR) is 80.3 cm³/mol. The third-order valence-corrected chi connectivity index (χ3v) is 4.46. The van der Waals surface area contributed by atoms with Gasteiger partial charge in [-0.2, -0.15) is 5.10 Å². The van der Waals surface area contributed by atoms with Gasteiger partial charge in [0.25, 0.3) is 5.56 Å². The summed E-state index contributed by atoms with van der Waals surface area (Å²) in [6, 6.07) is 0. The van der Waals surface area contributed by atoms with Gasteiger partial charge < -0.3 is 10.4 Å². The van der Waals surface area contributed by atoms with Crippen LogP contribution in [0.3, 0.4) is 0 Å². The van der Waals surface area contributed by atoms with E-state index in [1.807, 2.05) is 13.8 Å². The van der Waals surface area contributed by atoms with Crippen LogP contribution >= 0.6 is 11.6 Å². The van der Waals surface area contributed by atoms with Crippen LogP contribution < -0.4 is 10.9 Å². The molecule has 1 saturated carbocycles. The highest BCUT2D eigenvalue weighted by molar-refractivity contribution is 6.33. The fourth-order valence-electron chi connectivity index (χ4n) is 2.21. The fraction of sp³-hybridized carbons (Fsp3) is 0.714. The lowest BCUT2D eigenvalue weighted by molar-refractivity contribution is 0.202. The van der Waals surface area contributed by atoms with Crippen LogP contribution in [0.5, 0.6) is 0 Å². The molecule has 0 bridgehead atoms. The van der Waals surface area contributed by atoms with Gasteiger partial charge in [0.15, 0.2) is 0 Å². The molecule has 0 unspecified atom stereocenters. The van der Waals surface area contributed by atoms with Crippen molar-refractivity contribution in [3.05, 3.63) is 21.6 Å².